The van der Waals surface area contributed by atoms with Crippen molar-refractivity contribution in [2.24, 2.45) is 53.3 Å². The first-order valence-electron chi connectivity index (χ1n) is 18.1. The molecule has 2 aromatic carbocycles. The fraction of sp³-hybridized carbons (Fsp3) is 0.564. The quantitative estimate of drug-likeness (QED) is 0.260. The number of ether oxygens (including phenoxy) is 4. The van der Waals surface area contributed by atoms with Crippen molar-refractivity contribution in [3.63, 3.8) is 0 Å². The fourth-order valence-corrected chi connectivity index (χ4v) is 8.43. The normalized spacial score (nSPS) is 28.8. The van der Waals surface area contributed by atoms with Crippen molar-refractivity contribution in [1.82, 2.24) is 15.1 Å². The number of piperidine rings is 3. The average Bonchev–Trinajstić information content (AvgIpc) is 3.89. The van der Waals surface area contributed by atoms with Gasteiger partial charge in [-0.2, -0.15) is 0 Å². The highest BCUT2D eigenvalue weighted by Crippen LogP contribution is 2.54. The van der Waals surface area contributed by atoms with E-state index in [2.05, 4.69) is 14.8 Å². The van der Waals surface area contributed by atoms with Crippen LogP contribution in [0.15, 0.2) is 60.7 Å². The molecule has 0 bridgehead atoms. The van der Waals surface area contributed by atoms with E-state index in [-0.39, 0.29) is 55.5 Å². The molecule has 53 heavy (non-hydrogen) atoms. The van der Waals surface area contributed by atoms with Crippen molar-refractivity contribution in [2.75, 3.05) is 53.5 Å². The van der Waals surface area contributed by atoms with Gasteiger partial charge in [0.1, 0.15) is 13.2 Å². The van der Waals surface area contributed by atoms with Crippen LogP contribution in [0, 0.1) is 53.3 Å². The van der Waals surface area contributed by atoms with Crippen LogP contribution in [0.25, 0.3) is 0 Å². The second kappa shape index (κ2) is 18.1. The number of likely N-dealkylation sites (tertiary alicyclic amines) is 2. The Labute approximate surface area is 316 Å². The summed E-state index contributed by atoms with van der Waals surface area (Å²) in [5, 5.41) is 12.1. The minimum atomic E-state index is -0.748. The second-order valence-electron chi connectivity index (χ2n) is 14.7. The lowest BCUT2D eigenvalue weighted by Crippen LogP contribution is -2.32. The number of carbonyl (C=O) groups is 5. The van der Waals surface area contributed by atoms with Gasteiger partial charge in [0.2, 0.25) is 0 Å². The van der Waals surface area contributed by atoms with Gasteiger partial charge in [-0.3, -0.25) is 14.4 Å². The third-order valence-corrected chi connectivity index (χ3v) is 11.6. The molecule has 0 aromatic heterocycles. The number of fused-ring (bicyclic) bond motifs is 3. The number of aliphatic carboxylic acids is 1. The van der Waals surface area contributed by atoms with Gasteiger partial charge in [0.05, 0.1) is 14.2 Å². The molecule has 2 aromatic rings. The molecule has 3 aliphatic heterocycles. The Morgan fingerprint density at radius 2 is 0.962 bits per heavy atom. The topological polar surface area (TPSA) is 161 Å². The van der Waals surface area contributed by atoms with Gasteiger partial charge >= 0.3 is 30.1 Å². The summed E-state index contributed by atoms with van der Waals surface area (Å²) < 4.78 is 19.9. The van der Waals surface area contributed by atoms with E-state index in [1.165, 1.54) is 14.2 Å². The van der Waals surface area contributed by atoms with Crippen molar-refractivity contribution >= 4 is 42.5 Å². The molecular weight excluding hydrogens is 706 g/mol. The zero-order chi connectivity index (χ0) is 36.8. The number of nitrogens with one attached hydrogen (secondary N) is 1. The zero-order valence-corrected chi connectivity index (χ0v) is 31.0. The highest BCUT2D eigenvalue weighted by atomic mass is 35.5. The predicted molar refractivity (Wildman–Crippen MR) is 193 cm³/mol. The van der Waals surface area contributed by atoms with Gasteiger partial charge in [-0.1, -0.05) is 60.7 Å². The van der Waals surface area contributed by atoms with Crippen LogP contribution in [-0.2, 0) is 46.5 Å². The van der Waals surface area contributed by atoms with E-state index in [1.807, 2.05) is 60.7 Å². The lowest BCUT2D eigenvalue weighted by Gasteiger charge is -2.19. The number of rotatable bonds is 10. The van der Waals surface area contributed by atoms with Crippen LogP contribution in [0.5, 0.6) is 0 Å². The van der Waals surface area contributed by atoms with Crippen LogP contribution < -0.4 is 5.32 Å². The maximum atomic E-state index is 12.0. The Bertz CT molecular complexity index is 1550. The number of benzene rings is 2. The van der Waals surface area contributed by atoms with Crippen LogP contribution >= 0.6 is 12.4 Å². The van der Waals surface area contributed by atoms with Gasteiger partial charge in [0.25, 0.3) is 0 Å². The molecule has 9 atom stereocenters. The molecule has 13 nitrogen and oxygen atoms in total. The Morgan fingerprint density at radius 1 is 0.604 bits per heavy atom. The summed E-state index contributed by atoms with van der Waals surface area (Å²) in [6.07, 6.45) is 0.770. The number of hydrogen-bond acceptors (Lipinski definition) is 10. The number of hydrogen-bond donors (Lipinski definition) is 2. The molecule has 3 unspecified atom stereocenters. The van der Waals surface area contributed by atoms with Crippen molar-refractivity contribution in [3.05, 3.63) is 71.8 Å². The molecular formula is C39H50ClN3O10. The van der Waals surface area contributed by atoms with Gasteiger partial charge in [-0.05, 0) is 77.5 Å². The lowest BCUT2D eigenvalue weighted by molar-refractivity contribution is -0.142. The molecule has 0 spiro atoms. The van der Waals surface area contributed by atoms with Crippen LogP contribution in [0.2, 0.25) is 0 Å². The Kier molecular flexibility index (Phi) is 13.6. The maximum Gasteiger partial charge on any atom is 0.410 e. The number of methoxy groups -OCH3 is 2. The van der Waals surface area contributed by atoms with Crippen LogP contribution in [0.3, 0.4) is 0 Å². The van der Waals surface area contributed by atoms with Crippen LogP contribution in [0.1, 0.15) is 30.4 Å². The highest BCUT2D eigenvalue weighted by molar-refractivity contribution is 5.85. The maximum absolute atomic E-state index is 12.0. The molecule has 288 valence electrons. The van der Waals surface area contributed by atoms with E-state index in [0.29, 0.717) is 81.1 Å². The number of carboxylic acid groups (broad SMARTS) is 1. The van der Waals surface area contributed by atoms with Gasteiger partial charge in [-0.15, -0.1) is 12.4 Å². The molecule has 2 N–H and O–H groups in total. The highest BCUT2D eigenvalue weighted by Gasteiger charge is 2.58. The Hall–Kier alpha value is -4.36. The third kappa shape index (κ3) is 10.4. The largest absolute Gasteiger partial charge is 0.481 e. The SMILES string of the molecule is COC(=O)CC1[C@H]2CN(C(=O)OCc3ccccc3)C[C@@H]12.COC(=O)CC1[C@H]2CNC[C@@H]12.Cl.O=C(O)CC1[C@H]2CN(C(=O)OCc3ccccc3)C[C@@H]12. The molecule has 6 aliphatic rings. The summed E-state index contributed by atoms with van der Waals surface area (Å²) in [5.74, 6) is 3.44. The smallest absolute Gasteiger partial charge is 0.410 e. The van der Waals surface area contributed by atoms with E-state index in [9.17, 15) is 24.0 Å². The summed E-state index contributed by atoms with van der Waals surface area (Å²) in [6, 6.07) is 19.2. The molecule has 8 rings (SSSR count). The van der Waals surface area contributed by atoms with Gasteiger partial charge in [0, 0.05) is 45.4 Å². The van der Waals surface area contributed by atoms with Gasteiger partial charge in [0.15, 0.2) is 0 Å². The number of amides is 2. The van der Waals surface area contributed by atoms with Crippen molar-refractivity contribution < 1.29 is 48.0 Å². The molecule has 14 heteroatoms. The molecule has 2 amide bonds. The average molecular weight is 756 g/mol. The first-order chi connectivity index (χ1) is 25.2. The summed E-state index contributed by atoms with van der Waals surface area (Å²) in [4.78, 5) is 60.1. The first kappa shape index (κ1) is 39.8. The number of esters is 2. The van der Waals surface area contributed by atoms with E-state index in [4.69, 9.17) is 14.6 Å². The molecule has 6 fully saturated rings. The third-order valence-electron chi connectivity index (χ3n) is 11.6. The Balaban J connectivity index is 0.000000159. The van der Waals surface area contributed by atoms with Crippen molar-refractivity contribution in [2.45, 2.75) is 32.5 Å². The number of carboxylic acids is 1. The summed E-state index contributed by atoms with van der Waals surface area (Å²) >= 11 is 0. The number of nitrogens with zero attached hydrogens (tertiary/aromatic N) is 2. The zero-order valence-electron chi connectivity index (χ0n) is 30.2. The lowest BCUT2D eigenvalue weighted by atomic mass is 10.2. The minimum Gasteiger partial charge on any atom is -0.481 e. The predicted octanol–water partition coefficient (Wildman–Crippen LogP) is 4.48. The van der Waals surface area contributed by atoms with Crippen LogP contribution in [0.4, 0.5) is 9.59 Å². The molecule has 3 heterocycles. The molecule has 3 saturated carbocycles. The standard InChI is InChI=1S/C16H19NO4.C15H17NO4.C8H13NO2.ClH/c1-20-15(18)7-12-13-8-17(9-14(12)13)16(19)21-10-11-5-3-2-4-6-11;17-14(18)6-11-12-7-16(8-13(11)12)15(19)20-9-10-4-2-1-3-5-10;1-11-8(10)2-5-6-3-9-4-7(5)6;/h2-6,12-14H,7-10H2,1H3;1-5,11-13H,6-9H2,(H,17,18);5-7,9H,2-4H2,1H3;1H/t12?,13-,14+;11?,12-,13+;5?,6-,7+;. The molecule has 0 radical (unpaired) electrons. The monoisotopic (exact) mass is 755 g/mol. The van der Waals surface area contributed by atoms with E-state index < -0.39 is 5.97 Å². The van der Waals surface area contributed by atoms with E-state index >= 15 is 0 Å². The van der Waals surface area contributed by atoms with Crippen molar-refractivity contribution in [3.8, 4) is 0 Å². The molecule has 3 aliphatic carbocycles. The fourth-order valence-electron chi connectivity index (χ4n) is 8.43. The van der Waals surface area contributed by atoms with Crippen LogP contribution in [-0.4, -0.2) is 98.5 Å². The summed E-state index contributed by atoms with van der Waals surface area (Å²) in [5.41, 5.74) is 1.95. The number of halogens is 1. The van der Waals surface area contributed by atoms with Gasteiger partial charge < -0.3 is 39.2 Å². The summed E-state index contributed by atoms with van der Waals surface area (Å²) in [6.45, 7) is 5.45. The first-order valence-corrected chi connectivity index (χ1v) is 18.1. The second-order valence-corrected chi connectivity index (χ2v) is 14.7. The number of carbonyl (C=O) groups excluding carboxylic acids is 4. The van der Waals surface area contributed by atoms with E-state index in [1.54, 1.807) is 9.80 Å². The molecule has 3 saturated heterocycles. The van der Waals surface area contributed by atoms with E-state index in [0.717, 1.165) is 36.1 Å². The summed E-state index contributed by atoms with van der Waals surface area (Å²) in [7, 11) is 2.87. The van der Waals surface area contributed by atoms with Crippen molar-refractivity contribution in [1.29, 1.82) is 0 Å². The minimum absolute atomic E-state index is 0. The Morgan fingerprint density at radius 3 is 1.32 bits per heavy atom. The van der Waals surface area contributed by atoms with Gasteiger partial charge in [-0.25, -0.2) is 9.59 Å².